The first-order chi connectivity index (χ1) is 6.45. The van der Waals surface area contributed by atoms with Crippen LogP contribution in [0.1, 0.15) is 0 Å². The summed E-state index contributed by atoms with van der Waals surface area (Å²) in [5, 5.41) is 28.7. The standard InChI is InChI=1S/C7H10O7/c1-12-7(11)5(9)14-4-3(8)2-13-6(4,7)10/h3-4,8,10-11H,2H2,1H3/t3-,4+,6?,7?/m0/s1. The van der Waals surface area contributed by atoms with Crippen molar-refractivity contribution in [3.05, 3.63) is 0 Å². The van der Waals surface area contributed by atoms with Crippen molar-refractivity contribution in [1.29, 1.82) is 0 Å². The first-order valence-electron chi connectivity index (χ1n) is 3.98. The second kappa shape index (κ2) is 2.65. The molecule has 0 radical (unpaired) electrons. The number of hydrogen-bond acceptors (Lipinski definition) is 7. The van der Waals surface area contributed by atoms with Crippen molar-refractivity contribution < 1.29 is 34.3 Å². The third-order valence-electron chi connectivity index (χ3n) is 2.50. The van der Waals surface area contributed by atoms with Crippen LogP contribution in [0.3, 0.4) is 0 Å². The number of fused-ring (bicyclic) bond motifs is 1. The summed E-state index contributed by atoms with van der Waals surface area (Å²) < 4.78 is 13.8. The average molecular weight is 206 g/mol. The van der Waals surface area contributed by atoms with Crippen LogP contribution < -0.4 is 0 Å². The molecule has 7 heteroatoms. The van der Waals surface area contributed by atoms with Gasteiger partial charge in [0.2, 0.25) is 0 Å². The fourth-order valence-electron chi connectivity index (χ4n) is 1.66. The van der Waals surface area contributed by atoms with Crippen LogP contribution in [-0.4, -0.2) is 58.8 Å². The van der Waals surface area contributed by atoms with Gasteiger partial charge in [0.15, 0.2) is 6.10 Å². The maximum Gasteiger partial charge on any atom is 0.373 e. The molecule has 4 atom stereocenters. The molecule has 2 aliphatic heterocycles. The Bertz CT molecular complexity index is 279. The molecule has 0 aromatic carbocycles. The van der Waals surface area contributed by atoms with E-state index in [4.69, 9.17) is 4.74 Å². The monoisotopic (exact) mass is 206 g/mol. The van der Waals surface area contributed by atoms with Crippen LogP contribution in [0.15, 0.2) is 0 Å². The van der Waals surface area contributed by atoms with Gasteiger partial charge in [-0.15, -0.1) is 0 Å². The summed E-state index contributed by atoms with van der Waals surface area (Å²) in [5.74, 6) is -6.08. The van der Waals surface area contributed by atoms with Crippen molar-refractivity contribution >= 4 is 5.97 Å². The molecule has 2 saturated heterocycles. The molecular formula is C7H10O7. The maximum atomic E-state index is 11.1. The Labute approximate surface area is 78.8 Å². The topological polar surface area (TPSA) is 105 Å². The minimum Gasteiger partial charge on any atom is -0.449 e. The lowest BCUT2D eigenvalue weighted by Crippen LogP contribution is -2.59. The first-order valence-corrected chi connectivity index (χ1v) is 3.98. The molecule has 0 aromatic rings. The predicted molar refractivity (Wildman–Crippen MR) is 38.7 cm³/mol. The number of carbonyl (C=O) groups excluding carboxylic acids is 1. The highest BCUT2D eigenvalue weighted by molar-refractivity contribution is 5.82. The summed E-state index contributed by atoms with van der Waals surface area (Å²) in [7, 11) is 1.02. The van der Waals surface area contributed by atoms with Gasteiger partial charge in [0, 0.05) is 7.11 Å². The van der Waals surface area contributed by atoms with Crippen LogP contribution in [0.2, 0.25) is 0 Å². The van der Waals surface area contributed by atoms with E-state index in [-0.39, 0.29) is 6.61 Å². The Kier molecular flexibility index (Phi) is 1.85. The average Bonchev–Trinajstić information content (AvgIpc) is 2.54. The van der Waals surface area contributed by atoms with Gasteiger partial charge in [0.25, 0.3) is 5.79 Å². The zero-order valence-electron chi connectivity index (χ0n) is 7.34. The third-order valence-corrected chi connectivity index (χ3v) is 2.50. The number of esters is 1. The van der Waals surface area contributed by atoms with Gasteiger partial charge in [-0.25, -0.2) is 4.79 Å². The summed E-state index contributed by atoms with van der Waals surface area (Å²) in [6, 6.07) is 0. The van der Waals surface area contributed by atoms with E-state index in [1.807, 2.05) is 0 Å². The van der Waals surface area contributed by atoms with Gasteiger partial charge in [-0.05, 0) is 0 Å². The number of methoxy groups -OCH3 is 1. The van der Waals surface area contributed by atoms with Crippen molar-refractivity contribution in [2.24, 2.45) is 0 Å². The van der Waals surface area contributed by atoms with Crippen molar-refractivity contribution in [1.82, 2.24) is 0 Å². The maximum absolute atomic E-state index is 11.1. The SMILES string of the molecule is COC1(O)C(=O)O[C@@H]2[C@@H](O)COC21O. The van der Waals surface area contributed by atoms with E-state index >= 15 is 0 Å². The largest absolute Gasteiger partial charge is 0.449 e. The molecule has 3 N–H and O–H groups in total. The Morgan fingerprint density at radius 1 is 1.57 bits per heavy atom. The van der Waals surface area contributed by atoms with Crippen molar-refractivity contribution in [2.45, 2.75) is 23.8 Å². The lowest BCUT2D eigenvalue weighted by Gasteiger charge is -2.29. The highest BCUT2D eigenvalue weighted by atomic mass is 16.8. The molecule has 2 rings (SSSR count). The van der Waals surface area contributed by atoms with E-state index in [1.54, 1.807) is 0 Å². The second-order valence-electron chi connectivity index (χ2n) is 3.25. The summed E-state index contributed by atoms with van der Waals surface area (Å²) in [5.41, 5.74) is 0. The second-order valence-corrected chi connectivity index (χ2v) is 3.25. The summed E-state index contributed by atoms with van der Waals surface area (Å²) in [6.07, 6.45) is -2.49. The Balaban J connectivity index is 2.41. The molecule has 0 saturated carbocycles. The highest BCUT2D eigenvalue weighted by Gasteiger charge is 2.74. The molecular weight excluding hydrogens is 196 g/mol. The van der Waals surface area contributed by atoms with Crippen LogP contribution in [0, 0.1) is 0 Å². The highest BCUT2D eigenvalue weighted by Crippen LogP contribution is 2.43. The fourth-order valence-corrected chi connectivity index (χ4v) is 1.66. The van der Waals surface area contributed by atoms with Crippen molar-refractivity contribution in [3.8, 4) is 0 Å². The zero-order chi connectivity index (χ0) is 10.6. The van der Waals surface area contributed by atoms with Crippen LogP contribution in [0.5, 0.6) is 0 Å². The summed E-state index contributed by atoms with van der Waals surface area (Å²) in [6.45, 7) is -0.236. The lowest BCUT2D eigenvalue weighted by atomic mass is 10.0. The van der Waals surface area contributed by atoms with Gasteiger partial charge in [0.05, 0.1) is 6.61 Å². The third kappa shape index (κ3) is 0.856. The molecule has 0 spiro atoms. The first kappa shape index (κ1) is 9.81. The van der Waals surface area contributed by atoms with Crippen molar-refractivity contribution in [3.63, 3.8) is 0 Å². The lowest BCUT2D eigenvalue weighted by molar-refractivity contribution is -0.337. The van der Waals surface area contributed by atoms with E-state index in [0.29, 0.717) is 0 Å². The van der Waals surface area contributed by atoms with E-state index in [2.05, 4.69) is 9.47 Å². The van der Waals surface area contributed by atoms with E-state index < -0.39 is 29.8 Å². The number of carbonyl (C=O) groups is 1. The molecule has 7 nitrogen and oxygen atoms in total. The van der Waals surface area contributed by atoms with Gasteiger partial charge in [-0.3, -0.25) is 0 Å². The molecule has 14 heavy (non-hydrogen) atoms. The number of hydrogen-bond donors (Lipinski definition) is 3. The normalized spacial score (nSPS) is 51.9. The number of aliphatic hydroxyl groups excluding tert-OH is 1. The zero-order valence-corrected chi connectivity index (χ0v) is 7.34. The van der Waals surface area contributed by atoms with Crippen molar-refractivity contribution in [2.75, 3.05) is 13.7 Å². The predicted octanol–water partition coefficient (Wildman–Crippen LogP) is -2.67. The van der Waals surface area contributed by atoms with Crippen LogP contribution in [-0.2, 0) is 19.0 Å². The summed E-state index contributed by atoms with van der Waals surface area (Å²) >= 11 is 0. The van der Waals surface area contributed by atoms with E-state index in [1.165, 1.54) is 0 Å². The molecule has 0 aromatic heterocycles. The molecule has 0 bridgehead atoms. The number of aliphatic hydroxyl groups is 3. The minimum absolute atomic E-state index is 0.236. The van der Waals surface area contributed by atoms with Gasteiger partial charge in [0.1, 0.15) is 6.10 Å². The smallest absolute Gasteiger partial charge is 0.373 e. The van der Waals surface area contributed by atoms with Gasteiger partial charge >= 0.3 is 11.8 Å². The molecule has 0 aliphatic carbocycles. The molecule has 2 fully saturated rings. The minimum atomic E-state index is -2.57. The Morgan fingerprint density at radius 3 is 2.79 bits per heavy atom. The van der Waals surface area contributed by atoms with E-state index in [9.17, 15) is 20.1 Å². The molecule has 2 aliphatic rings. The molecule has 2 heterocycles. The quantitative estimate of drug-likeness (QED) is 0.317. The number of rotatable bonds is 1. The van der Waals surface area contributed by atoms with Crippen LogP contribution >= 0.6 is 0 Å². The summed E-state index contributed by atoms with van der Waals surface area (Å²) in [4.78, 5) is 11.1. The molecule has 2 unspecified atom stereocenters. The van der Waals surface area contributed by atoms with E-state index in [0.717, 1.165) is 7.11 Å². The van der Waals surface area contributed by atoms with Gasteiger partial charge in [-0.1, -0.05) is 0 Å². The van der Waals surface area contributed by atoms with Crippen LogP contribution in [0.25, 0.3) is 0 Å². The Hall–Kier alpha value is -0.730. The van der Waals surface area contributed by atoms with Crippen LogP contribution in [0.4, 0.5) is 0 Å². The van der Waals surface area contributed by atoms with Gasteiger partial charge in [-0.2, -0.15) is 0 Å². The van der Waals surface area contributed by atoms with Gasteiger partial charge < -0.3 is 29.5 Å². The Morgan fingerprint density at radius 2 is 2.21 bits per heavy atom. The number of ether oxygens (including phenoxy) is 3. The molecule has 0 amide bonds. The molecule has 80 valence electrons. The fraction of sp³-hybridized carbons (Fsp3) is 0.857.